The van der Waals surface area contributed by atoms with Crippen molar-refractivity contribution >= 4 is 28.4 Å². The summed E-state index contributed by atoms with van der Waals surface area (Å²) in [6.07, 6.45) is 2.89. The molecule has 0 bridgehead atoms. The molecule has 0 saturated heterocycles. The maximum Gasteiger partial charge on any atom is 0.227 e. The van der Waals surface area contributed by atoms with Gasteiger partial charge >= 0.3 is 0 Å². The van der Waals surface area contributed by atoms with Gasteiger partial charge in [-0.15, -0.1) is 0 Å². The molecule has 6 nitrogen and oxygen atoms in total. The van der Waals surface area contributed by atoms with Gasteiger partial charge in [0, 0.05) is 37.1 Å². The van der Waals surface area contributed by atoms with Crippen LogP contribution in [0.1, 0.15) is 31.7 Å². The lowest BCUT2D eigenvalue weighted by Gasteiger charge is -2.07. The molecule has 0 unspecified atom stereocenters. The minimum atomic E-state index is -0.0683. The lowest BCUT2D eigenvalue weighted by Crippen LogP contribution is -2.17. The summed E-state index contributed by atoms with van der Waals surface area (Å²) in [4.78, 5) is 20.4. The summed E-state index contributed by atoms with van der Waals surface area (Å²) in [6, 6.07) is 3.76. The molecule has 0 aliphatic heterocycles. The number of carbonyl (C=O) groups excluding carboxylic acids is 1. The third-order valence-electron chi connectivity index (χ3n) is 2.95. The molecule has 0 aromatic carbocycles. The fourth-order valence-electron chi connectivity index (χ4n) is 1.87. The molecule has 7 heteroatoms. The van der Waals surface area contributed by atoms with E-state index in [1.807, 2.05) is 19.1 Å². The second-order valence-electron chi connectivity index (χ2n) is 5.51. The minimum Gasteiger partial charge on any atom is -0.360 e. The first-order valence-corrected chi connectivity index (χ1v) is 8.10. The van der Waals surface area contributed by atoms with E-state index in [0.717, 1.165) is 22.9 Å². The van der Waals surface area contributed by atoms with Crippen molar-refractivity contribution in [2.24, 2.45) is 5.92 Å². The Kier molecular flexibility index (Phi) is 5.83. The molecule has 2 aromatic heterocycles. The van der Waals surface area contributed by atoms with Gasteiger partial charge in [0.1, 0.15) is 11.6 Å². The van der Waals surface area contributed by atoms with Crippen LogP contribution < -0.4 is 10.6 Å². The average molecular weight is 319 g/mol. The first-order valence-electron chi connectivity index (χ1n) is 7.32. The van der Waals surface area contributed by atoms with E-state index in [0.29, 0.717) is 24.7 Å². The van der Waals surface area contributed by atoms with E-state index in [1.54, 1.807) is 6.20 Å². The molecular formula is C15H21N5OS. The fraction of sp³-hybridized carbons (Fsp3) is 0.467. The van der Waals surface area contributed by atoms with Gasteiger partial charge in [-0.3, -0.25) is 4.79 Å². The maximum absolute atomic E-state index is 11.9. The van der Waals surface area contributed by atoms with Gasteiger partial charge in [0.2, 0.25) is 11.0 Å². The van der Waals surface area contributed by atoms with Crippen molar-refractivity contribution in [2.45, 2.75) is 33.6 Å². The normalized spacial score (nSPS) is 10.7. The fourth-order valence-corrected chi connectivity index (χ4v) is 2.49. The molecule has 118 valence electrons. The van der Waals surface area contributed by atoms with Gasteiger partial charge in [-0.25, -0.2) is 9.97 Å². The zero-order valence-corrected chi connectivity index (χ0v) is 13.9. The Labute approximate surface area is 134 Å². The van der Waals surface area contributed by atoms with Crippen molar-refractivity contribution in [1.29, 1.82) is 0 Å². The molecule has 2 heterocycles. The van der Waals surface area contributed by atoms with Gasteiger partial charge in [-0.1, -0.05) is 19.9 Å². The number of anilines is 2. The Balaban J connectivity index is 1.75. The van der Waals surface area contributed by atoms with E-state index in [1.165, 1.54) is 11.5 Å². The molecule has 0 atom stereocenters. The van der Waals surface area contributed by atoms with E-state index in [-0.39, 0.29) is 5.91 Å². The van der Waals surface area contributed by atoms with Gasteiger partial charge < -0.3 is 10.6 Å². The number of hydrogen-bond donors (Lipinski definition) is 2. The smallest absolute Gasteiger partial charge is 0.227 e. The number of pyridine rings is 1. The molecule has 1 amide bonds. The molecule has 0 spiro atoms. The lowest BCUT2D eigenvalue weighted by molar-refractivity contribution is -0.116. The summed E-state index contributed by atoms with van der Waals surface area (Å²) < 4.78 is 4.29. The summed E-state index contributed by atoms with van der Waals surface area (Å²) in [6.45, 7) is 6.71. The Morgan fingerprint density at radius 3 is 2.95 bits per heavy atom. The SMILES string of the molecule is Cc1cccnc1NC(=O)CCNc1nc(CC(C)C)ns1. The van der Waals surface area contributed by atoms with E-state index in [9.17, 15) is 4.79 Å². The standard InChI is InChI=1S/C15H21N5OS/c1-10(2)9-12-18-15(22-20-12)17-8-6-13(21)19-14-11(3)5-4-7-16-14/h4-5,7,10H,6,8-9H2,1-3H3,(H,16,19,21)(H,17,18,20). The molecule has 2 aromatic rings. The number of nitrogens with zero attached hydrogens (tertiary/aromatic N) is 3. The topological polar surface area (TPSA) is 79.8 Å². The van der Waals surface area contributed by atoms with Gasteiger partial charge in [0.25, 0.3) is 0 Å². The van der Waals surface area contributed by atoms with Crippen molar-refractivity contribution in [3.63, 3.8) is 0 Å². The minimum absolute atomic E-state index is 0.0683. The highest BCUT2D eigenvalue weighted by Gasteiger charge is 2.08. The van der Waals surface area contributed by atoms with Crippen LogP contribution in [0.5, 0.6) is 0 Å². The Morgan fingerprint density at radius 2 is 2.23 bits per heavy atom. The van der Waals surface area contributed by atoms with Crippen LogP contribution in [0.2, 0.25) is 0 Å². The summed E-state index contributed by atoms with van der Waals surface area (Å²) in [5.74, 6) is 1.94. The average Bonchev–Trinajstić information content (AvgIpc) is 2.88. The van der Waals surface area contributed by atoms with Crippen LogP contribution in [-0.2, 0) is 11.2 Å². The van der Waals surface area contributed by atoms with Crippen LogP contribution in [0.25, 0.3) is 0 Å². The quantitative estimate of drug-likeness (QED) is 0.820. The molecule has 22 heavy (non-hydrogen) atoms. The predicted octanol–water partition coefficient (Wildman–Crippen LogP) is 2.88. The zero-order valence-electron chi connectivity index (χ0n) is 13.1. The van der Waals surface area contributed by atoms with Crippen LogP contribution in [0.3, 0.4) is 0 Å². The molecular weight excluding hydrogens is 298 g/mol. The monoisotopic (exact) mass is 319 g/mol. The van der Waals surface area contributed by atoms with Crippen LogP contribution in [0.4, 0.5) is 10.9 Å². The molecule has 2 rings (SSSR count). The Hall–Kier alpha value is -2.02. The van der Waals surface area contributed by atoms with E-state index in [2.05, 4.69) is 38.8 Å². The van der Waals surface area contributed by atoms with Gasteiger partial charge in [-0.05, 0) is 24.5 Å². The number of carbonyl (C=O) groups is 1. The first-order chi connectivity index (χ1) is 10.5. The van der Waals surface area contributed by atoms with Crippen LogP contribution in [0.15, 0.2) is 18.3 Å². The number of hydrogen-bond acceptors (Lipinski definition) is 6. The Morgan fingerprint density at radius 1 is 1.41 bits per heavy atom. The summed E-state index contributed by atoms with van der Waals surface area (Å²) in [7, 11) is 0. The van der Waals surface area contributed by atoms with E-state index in [4.69, 9.17) is 0 Å². The molecule has 0 fully saturated rings. The number of aromatic nitrogens is 3. The third kappa shape index (κ3) is 5.07. The van der Waals surface area contributed by atoms with Crippen molar-refractivity contribution in [2.75, 3.05) is 17.2 Å². The van der Waals surface area contributed by atoms with Crippen molar-refractivity contribution in [1.82, 2.24) is 14.3 Å². The van der Waals surface area contributed by atoms with Crippen LogP contribution >= 0.6 is 11.5 Å². The number of nitrogens with one attached hydrogen (secondary N) is 2. The second kappa shape index (κ2) is 7.84. The maximum atomic E-state index is 11.9. The number of amides is 1. The highest BCUT2D eigenvalue weighted by Crippen LogP contribution is 2.14. The summed E-state index contributed by atoms with van der Waals surface area (Å²) in [5.41, 5.74) is 0.950. The first kappa shape index (κ1) is 16.4. The second-order valence-corrected chi connectivity index (χ2v) is 6.26. The third-order valence-corrected chi connectivity index (χ3v) is 3.67. The zero-order chi connectivity index (χ0) is 15.9. The lowest BCUT2D eigenvalue weighted by atomic mass is 10.1. The van der Waals surface area contributed by atoms with Crippen LogP contribution in [-0.4, -0.2) is 26.8 Å². The Bertz CT molecular complexity index is 626. The van der Waals surface area contributed by atoms with E-state index < -0.39 is 0 Å². The van der Waals surface area contributed by atoms with Crippen molar-refractivity contribution < 1.29 is 4.79 Å². The highest BCUT2D eigenvalue weighted by atomic mass is 32.1. The van der Waals surface area contributed by atoms with Crippen molar-refractivity contribution in [3.05, 3.63) is 29.7 Å². The molecule has 0 saturated carbocycles. The van der Waals surface area contributed by atoms with Gasteiger partial charge in [0.05, 0.1) is 0 Å². The largest absolute Gasteiger partial charge is 0.360 e. The van der Waals surface area contributed by atoms with Crippen LogP contribution in [0, 0.1) is 12.8 Å². The molecule has 2 N–H and O–H groups in total. The number of rotatable bonds is 7. The highest BCUT2D eigenvalue weighted by molar-refractivity contribution is 7.09. The molecule has 0 aliphatic rings. The predicted molar refractivity (Wildman–Crippen MR) is 89.2 cm³/mol. The summed E-state index contributed by atoms with van der Waals surface area (Å²) >= 11 is 1.33. The molecule has 0 aliphatic carbocycles. The molecule has 0 radical (unpaired) electrons. The van der Waals surface area contributed by atoms with E-state index >= 15 is 0 Å². The van der Waals surface area contributed by atoms with Crippen molar-refractivity contribution in [3.8, 4) is 0 Å². The number of aryl methyl sites for hydroxylation is 1. The summed E-state index contributed by atoms with van der Waals surface area (Å²) in [5, 5.41) is 6.70. The van der Waals surface area contributed by atoms with Gasteiger partial charge in [-0.2, -0.15) is 4.37 Å². The van der Waals surface area contributed by atoms with Gasteiger partial charge in [0.15, 0.2) is 0 Å².